The van der Waals surface area contributed by atoms with Crippen LogP contribution in [0.3, 0.4) is 0 Å². The van der Waals surface area contributed by atoms with Crippen molar-refractivity contribution in [2.24, 2.45) is 0 Å². The van der Waals surface area contributed by atoms with Crippen molar-refractivity contribution in [3.63, 3.8) is 0 Å². The number of aryl methyl sites for hydroxylation is 1. The molecule has 0 aliphatic carbocycles. The Morgan fingerprint density at radius 1 is 1.15 bits per heavy atom. The maximum absolute atomic E-state index is 11.4. The van der Waals surface area contributed by atoms with E-state index in [-0.39, 0.29) is 5.97 Å². The molecule has 20 heavy (non-hydrogen) atoms. The van der Waals surface area contributed by atoms with Gasteiger partial charge in [0.15, 0.2) is 0 Å². The third-order valence-corrected chi connectivity index (χ3v) is 3.64. The van der Waals surface area contributed by atoms with Crippen LogP contribution in [0.2, 0.25) is 0 Å². The average molecular weight is 268 g/mol. The molecule has 1 N–H and O–H groups in total. The second-order valence-electron chi connectivity index (χ2n) is 5.03. The van der Waals surface area contributed by atoms with Gasteiger partial charge in [-0.3, -0.25) is 0 Å². The first kappa shape index (κ1) is 12.9. The third-order valence-electron chi connectivity index (χ3n) is 3.64. The summed E-state index contributed by atoms with van der Waals surface area (Å²) in [6.07, 6.45) is 0.975. The molecule has 0 radical (unpaired) electrons. The van der Waals surface area contributed by atoms with Gasteiger partial charge in [0.25, 0.3) is 0 Å². The van der Waals surface area contributed by atoms with Gasteiger partial charge in [-0.05, 0) is 36.1 Å². The van der Waals surface area contributed by atoms with Gasteiger partial charge >= 0.3 is 5.97 Å². The molecule has 1 heterocycles. The Morgan fingerprint density at radius 3 is 2.75 bits per heavy atom. The van der Waals surface area contributed by atoms with Crippen molar-refractivity contribution in [2.45, 2.75) is 25.6 Å². The van der Waals surface area contributed by atoms with Crippen molar-refractivity contribution in [3.8, 4) is 0 Å². The van der Waals surface area contributed by atoms with Crippen LogP contribution in [0.5, 0.6) is 0 Å². The molecule has 1 atom stereocenters. The van der Waals surface area contributed by atoms with Gasteiger partial charge in [0.05, 0.1) is 11.7 Å². The van der Waals surface area contributed by atoms with E-state index >= 15 is 0 Å². The number of aliphatic hydroxyl groups excluding tert-OH is 1. The molecule has 2 aromatic carbocycles. The molecule has 0 spiro atoms. The number of cyclic esters (lactones) is 1. The number of rotatable bonds is 4. The molecule has 0 amide bonds. The quantitative estimate of drug-likeness (QED) is 0.867. The Kier molecular flexibility index (Phi) is 3.52. The molecular weight excluding hydrogens is 252 g/mol. The lowest BCUT2D eigenvalue weighted by atomic mass is 9.98. The first-order valence-corrected chi connectivity index (χ1v) is 6.76. The van der Waals surface area contributed by atoms with Crippen molar-refractivity contribution >= 4 is 5.97 Å². The Bertz CT molecular complexity index is 619. The SMILES string of the molecule is O=C1OCc2cc(C(O)CCc3ccccc3)ccc21. The highest BCUT2D eigenvalue weighted by Crippen LogP contribution is 2.26. The smallest absolute Gasteiger partial charge is 0.338 e. The molecule has 0 aromatic heterocycles. The van der Waals surface area contributed by atoms with Crippen LogP contribution in [-0.2, 0) is 17.8 Å². The molecule has 1 aliphatic heterocycles. The summed E-state index contributed by atoms with van der Waals surface area (Å²) in [5, 5.41) is 10.3. The zero-order valence-electron chi connectivity index (χ0n) is 11.1. The molecular formula is C17H16O3. The second-order valence-corrected chi connectivity index (χ2v) is 5.03. The van der Waals surface area contributed by atoms with Gasteiger partial charge in [0, 0.05) is 5.56 Å². The summed E-state index contributed by atoms with van der Waals surface area (Å²) < 4.78 is 4.97. The van der Waals surface area contributed by atoms with Gasteiger partial charge < -0.3 is 9.84 Å². The molecule has 0 fully saturated rings. The molecule has 1 aliphatic rings. The third kappa shape index (κ3) is 2.58. The summed E-state index contributed by atoms with van der Waals surface area (Å²) in [4.78, 5) is 11.4. The number of hydrogen-bond donors (Lipinski definition) is 1. The van der Waals surface area contributed by atoms with Crippen molar-refractivity contribution in [3.05, 3.63) is 70.8 Å². The van der Waals surface area contributed by atoms with E-state index in [1.54, 1.807) is 12.1 Å². The predicted octanol–water partition coefficient (Wildman–Crippen LogP) is 3.02. The van der Waals surface area contributed by atoms with Crippen molar-refractivity contribution in [1.82, 2.24) is 0 Å². The molecule has 2 aromatic rings. The summed E-state index contributed by atoms with van der Waals surface area (Å²) in [5.41, 5.74) is 3.54. The van der Waals surface area contributed by atoms with Crippen LogP contribution in [-0.4, -0.2) is 11.1 Å². The van der Waals surface area contributed by atoms with Gasteiger partial charge in [-0.1, -0.05) is 36.4 Å². The van der Waals surface area contributed by atoms with Crippen LogP contribution >= 0.6 is 0 Å². The van der Waals surface area contributed by atoms with Crippen molar-refractivity contribution < 1.29 is 14.6 Å². The standard InChI is InChI=1S/C17H16O3/c18-16(9-6-12-4-2-1-3-5-12)13-7-8-15-14(10-13)11-20-17(15)19/h1-5,7-8,10,16,18H,6,9,11H2. The maximum atomic E-state index is 11.4. The summed E-state index contributed by atoms with van der Waals surface area (Å²) in [6, 6.07) is 15.5. The van der Waals surface area contributed by atoms with Crippen LogP contribution in [0.4, 0.5) is 0 Å². The van der Waals surface area contributed by atoms with Gasteiger partial charge in [-0.2, -0.15) is 0 Å². The van der Waals surface area contributed by atoms with Crippen LogP contribution in [0, 0.1) is 0 Å². The Hall–Kier alpha value is -2.13. The Morgan fingerprint density at radius 2 is 1.95 bits per heavy atom. The van der Waals surface area contributed by atoms with Crippen molar-refractivity contribution in [1.29, 1.82) is 0 Å². The highest BCUT2D eigenvalue weighted by atomic mass is 16.5. The molecule has 3 rings (SSSR count). The Labute approximate surface area is 117 Å². The highest BCUT2D eigenvalue weighted by molar-refractivity contribution is 5.93. The molecule has 0 saturated carbocycles. The van der Waals surface area contributed by atoms with E-state index in [2.05, 4.69) is 12.1 Å². The fraction of sp³-hybridized carbons (Fsp3) is 0.235. The lowest BCUT2D eigenvalue weighted by Crippen LogP contribution is -2.01. The maximum Gasteiger partial charge on any atom is 0.338 e. The number of aliphatic hydroxyl groups is 1. The molecule has 102 valence electrons. The molecule has 0 saturated heterocycles. The number of benzene rings is 2. The summed E-state index contributed by atoms with van der Waals surface area (Å²) in [7, 11) is 0. The van der Waals surface area contributed by atoms with Gasteiger partial charge in [-0.25, -0.2) is 4.79 Å². The van der Waals surface area contributed by atoms with E-state index in [1.807, 2.05) is 24.3 Å². The molecule has 0 bridgehead atoms. The fourth-order valence-corrected chi connectivity index (χ4v) is 2.48. The first-order chi connectivity index (χ1) is 9.74. The van der Waals surface area contributed by atoms with Crippen LogP contribution in [0.1, 0.15) is 39.6 Å². The van der Waals surface area contributed by atoms with E-state index in [0.717, 1.165) is 17.5 Å². The minimum absolute atomic E-state index is 0.273. The lowest BCUT2D eigenvalue weighted by molar-refractivity contribution is 0.0535. The van der Waals surface area contributed by atoms with E-state index in [0.29, 0.717) is 18.6 Å². The number of carbonyl (C=O) groups excluding carboxylic acids is 1. The molecule has 1 unspecified atom stereocenters. The zero-order valence-corrected chi connectivity index (χ0v) is 11.1. The van der Waals surface area contributed by atoms with Gasteiger partial charge in [-0.15, -0.1) is 0 Å². The van der Waals surface area contributed by atoms with E-state index < -0.39 is 6.10 Å². The summed E-state index contributed by atoms with van der Waals surface area (Å²) in [5.74, 6) is -0.273. The summed E-state index contributed by atoms with van der Waals surface area (Å²) >= 11 is 0. The second kappa shape index (κ2) is 5.47. The first-order valence-electron chi connectivity index (χ1n) is 6.76. The number of hydrogen-bond acceptors (Lipinski definition) is 3. The van der Waals surface area contributed by atoms with Crippen LogP contribution in [0.25, 0.3) is 0 Å². The number of carbonyl (C=O) groups is 1. The molecule has 3 nitrogen and oxygen atoms in total. The largest absolute Gasteiger partial charge is 0.457 e. The Balaban J connectivity index is 1.69. The van der Waals surface area contributed by atoms with Gasteiger partial charge in [0.1, 0.15) is 6.61 Å². The number of fused-ring (bicyclic) bond motifs is 1. The van der Waals surface area contributed by atoms with Crippen LogP contribution in [0.15, 0.2) is 48.5 Å². The van der Waals surface area contributed by atoms with E-state index in [4.69, 9.17) is 4.74 Å². The van der Waals surface area contributed by atoms with Crippen LogP contribution < -0.4 is 0 Å². The predicted molar refractivity (Wildman–Crippen MR) is 75.3 cm³/mol. The minimum Gasteiger partial charge on any atom is -0.457 e. The number of ether oxygens (including phenoxy) is 1. The van der Waals surface area contributed by atoms with Crippen molar-refractivity contribution in [2.75, 3.05) is 0 Å². The summed E-state index contributed by atoms with van der Waals surface area (Å²) in [6.45, 7) is 0.313. The normalized spacial score (nSPS) is 14.8. The number of esters is 1. The zero-order chi connectivity index (χ0) is 13.9. The highest BCUT2D eigenvalue weighted by Gasteiger charge is 2.22. The topological polar surface area (TPSA) is 46.5 Å². The van der Waals surface area contributed by atoms with E-state index in [9.17, 15) is 9.90 Å². The van der Waals surface area contributed by atoms with Gasteiger partial charge in [0.2, 0.25) is 0 Å². The van der Waals surface area contributed by atoms with E-state index in [1.165, 1.54) is 5.56 Å². The monoisotopic (exact) mass is 268 g/mol. The minimum atomic E-state index is -0.517. The lowest BCUT2D eigenvalue weighted by Gasteiger charge is -2.11. The molecule has 3 heteroatoms. The fourth-order valence-electron chi connectivity index (χ4n) is 2.48. The average Bonchev–Trinajstić information content (AvgIpc) is 2.87.